The smallest absolute Gasteiger partial charge is 0.226 e. The molecule has 0 aliphatic carbocycles. The fourth-order valence-electron chi connectivity index (χ4n) is 4.04. The van der Waals surface area contributed by atoms with Gasteiger partial charge in [0.2, 0.25) is 5.91 Å². The summed E-state index contributed by atoms with van der Waals surface area (Å²) in [4.78, 5) is 31.1. The van der Waals surface area contributed by atoms with Gasteiger partial charge in [-0.3, -0.25) is 9.59 Å². The van der Waals surface area contributed by atoms with Gasteiger partial charge in [0.1, 0.15) is 5.75 Å². The largest absolute Gasteiger partial charge is 0.493 e. The summed E-state index contributed by atoms with van der Waals surface area (Å²) in [5, 5.41) is 3.46. The van der Waals surface area contributed by atoms with Crippen LogP contribution in [0.25, 0.3) is 11.3 Å². The summed E-state index contributed by atoms with van der Waals surface area (Å²) in [6, 6.07) is 25.7. The van der Waals surface area contributed by atoms with E-state index in [9.17, 15) is 9.59 Å². The number of fused-ring (bicyclic) bond motifs is 1. The number of aromatic nitrogens is 1. The number of thiazole rings is 1. The topological polar surface area (TPSA) is 68.3 Å². The average Bonchev–Trinajstić information content (AvgIpc) is 3.50. The number of carbonyl (C=O) groups excluding carboxylic acids is 2. The van der Waals surface area contributed by atoms with Crippen molar-refractivity contribution in [3.05, 3.63) is 100 Å². The number of hydrogen-bond acceptors (Lipinski definition) is 5. The Kier molecular flexibility index (Phi) is 6.49. The minimum Gasteiger partial charge on any atom is -0.493 e. The quantitative estimate of drug-likeness (QED) is 0.325. The normalized spacial score (nSPS) is 12.1. The molecule has 5 nitrogen and oxygen atoms in total. The highest BCUT2D eigenvalue weighted by Gasteiger charge is 2.18. The molecule has 0 bridgehead atoms. The van der Waals surface area contributed by atoms with Crippen molar-refractivity contribution in [1.29, 1.82) is 0 Å². The molecular formula is C28H24N2O3S. The molecule has 1 amide bonds. The van der Waals surface area contributed by atoms with Gasteiger partial charge in [-0.1, -0.05) is 60.7 Å². The van der Waals surface area contributed by atoms with E-state index in [1.165, 1.54) is 16.9 Å². The molecule has 1 aromatic heterocycles. The summed E-state index contributed by atoms with van der Waals surface area (Å²) in [7, 11) is 0. The third kappa shape index (κ3) is 5.07. The van der Waals surface area contributed by atoms with Crippen molar-refractivity contribution >= 4 is 28.2 Å². The van der Waals surface area contributed by atoms with Gasteiger partial charge in [0.25, 0.3) is 0 Å². The maximum absolute atomic E-state index is 12.6. The first-order valence-electron chi connectivity index (χ1n) is 11.3. The van der Waals surface area contributed by atoms with Crippen LogP contribution in [-0.4, -0.2) is 23.3 Å². The lowest BCUT2D eigenvalue weighted by atomic mass is 10.0. The molecule has 5 rings (SSSR count). The van der Waals surface area contributed by atoms with Gasteiger partial charge in [0, 0.05) is 41.7 Å². The zero-order chi connectivity index (χ0) is 23.3. The Labute approximate surface area is 202 Å². The Morgan fingerprint density at radius 3 is 2.50 bits per heavy atom. The van der Waals surface area contributed by atoms with E-state index >= 15 is 0 Å². The molecule has 34 heavy (non-hydrogen) atoms. The van der Waals surface area contributed by atoms with Gasteiger partial charge in [-0.05, 0) is 29.3 Å². The molecule has 4 aromatic rings. The van der Waals surface area contributed by atoms with E-state index in [0.29, 0.717) is 17.3 Å². The van der Waals surface area contributed by atoms with E-state index in [4.69, 9.17) is 9.72 Å². The number of carbonyl (C=O) groups is 2. The predicted molar refractivity (Wildman–Crippen MR) is 135 cm³/mol. The molecule has 0 spiro atoms. The number of hydrogen-bond donors (Lipinski definition) is 1. The number of nitrogens with one attached hydrogen (secondary N) is 1. The van der Waals surface area contributed by atoms with Gasteiger partial charge in [-0.25, -0.2) is 4.98 Å². The second-order valence-corrected chi connectivity index (χ2v) is 9.30. The van der Waals surface area contributed by atoms with Gasteiger partial charge < -0.3 is 10.1 Å². The Bertz CT molecular complexity index is 1320. The van der Waals surface area contributed by atoms with Crippen molar-refractivity contribution < 1.29 is 14.3 Å². The third-order valence-electron chi connectivity index (χ3n) is 5.79. The van der Waals surface area contributed by atoms with E-state index in [2.05, 4.69) is 17.4 Å². The predicted octanol–water partition coefficient (Wildman–Crippen LogP) is 5.94. The first-order chi connectivity index (χ1) is 16.7. The lowest BCUT2D eigenvalue weighted by Crippen LogP contribution is -2.13. The standard InChI is InChI=1S/C28H24N2O3S/c31-23(21-11-13-24-22(18-21)15-16-33-24)12-14-26(32)29-28-30-27(20-9-5-2-6-10-20)25(34-28)17-19-7-3-1-4-8-19/h1-11,13,18H,12,14-17H2,(H,29,30,32). The highest BCUT2D eigenvalue weighted by Crippen LogP contribution is 2.33. The van der Waals surface area contributed by atoms with Crippen LogP contribution in [0.2, 0.25) is 0 Å². The molecule has 3 aromatic carbocycles. The first kappa shape index (κ1) is 22.0. The number of anilines is 1. The molecule has 0 atom stereocenters. The molecule has 1 aliphatic rings. The van der Waals surface area contributed by atoms with E-state index < -0.39 is 0 Å². The lowest BCUT2D eigenvalue weighted by molar-refractivity contribution is -0.116. The van der Waals surface area contributed by atoms with Gasteiger partial charge in [-0.2, -0.15) is 0 Å². The van der Waals surface area contributed by atoms with E-state index in [0.717, 1.165) is 40.3 Å². The van der Waals surface area contributed by atoms with E-state index in [-0.39, 0.29) is 24.5 Å². The lowest BCUT2D eigenvalue weighted by Gasteiger charge is -2.04. The number of Topliss-reactive ketones (excluding diaryl/α,β-unsaturated/α-hetero) is 1. The van der Waals surface area contributed by atoms with Crippen molar-refractivity contribution in [1.82, 2.24) is 4.98 Å². The molecule has 1 N–H and O–H groups in total. The Morgan fingerprint density at radius 1 is 0.941 bits per heavy atom. The zero-order valence-corrected chi connectivity index (χ0v) is 19.4. The van der Waals surface area contributed by atoms with Crippen LogP contribution >= 0.6 is 11.3 Å². The number of nitrogens with zero attached hydrogens (tertiary/aromatic N) is 1. The molecule has 0 saturated carbocycles. The molecule has 2 heterocycles. The van der Waals surface area contributed by atoms with E-state index in [1.807, 2.05) is 60.7 Å². The Morgan fingerprint density at radius 2 is 1.71 bits per heavy atom. The minimum atomic E-state index is -0.211. The van der Waals surface area contributed by atoms with Crippen molar-refractivity contribution in [2.45, 2.75) is 25.7 Å². The number of ether oxygens (including phenoxy) is 1. The van der Waals surface area contributed by atoms with Gasteiger partial charge in [0.15, 0.2) is 10.9 Å². The van der Waals surface area contributed by atoms with Crippen LogP contribution in [0.15, 0.2) is 78.9 Å². The molecule has 0 saturated heterocycles. The summed E-state index contributed by atoms with van der Waals surface area (Å²) >= 11 is 1.48. The van der Waals surface area contributed by atoms with Crippen LogP contribution in [0.4, 0.5) is 5.13 Å². The summed E-state index contributed by atoms with van der Waals surface area (Å²) in [6.07, 6.45) is 1.81. The van der Waals surface area contributed by atoms with Crippen LogP contribution in [0, 0.1) is 0 Å². The fraction of sp³-hybridized carbons (Fsp3) is 0.179. The van der Waals surface area contributed by atoms with Crippen molar-refractivity contribution in [2.75, 3.05) is 11.9 Å². The molecule has 1 aliphatic heterocycles. The highest BCUT2D eigenvalue weighted by molar-refractivity contribution is 7.16. The maximum atomic E-state index is 12.6. The Hall–Kier alpha value is -3.77. The SMILES string of the molecule is O=C(CCC(=O)c1ccc2c(c1)CCO2)Nc1nc(-c2ccccc2)c(Cc2ccccc2)s1. The molecule has 6 heteroatoms. The molecule has 0 fully saturated rings. The average molecular weight is 469 g/mol. The number of ketones is 1. The molecule has 170 valence electrons. The van der Waals surface area contributed by atoms with Crippen LogP contribution in [0.1, 0.15) is 39.2 Å². The van der Waals surface area contributed by atoms with Crippen LogP contribution in [0.3, 0.4) is 0 Å². The van der Waals surface area contributed by atoms with Crippen molar-refractivity contribution in [3.63, 3.8) is 0 Å². The first-order valence-corrected chi connectivity index (χ1v) is 12.2. The second kappa shape index (κ2) is 10.0. The number of benzene rings is 3. The highest BCUT2D eigenvalue weighted by atomic mass is 32.1. The molecule has 0 radical (unpaired) electrons. The summed E-state index contributed by atoms with van der Waals surface area (Å²) in [5.74, 6) is 0.592. The van der Waals surface area contributed by atoms with Crippen molar-refractivity contribution in [2.24, 2.45) is 0 Å². The second-order valence-electron chi connectivity index (χ2n) is 8.21. The third-order valence-corrected chi connectivity index (χ3v) is 6.76. The van der Waals surface area contributed by atoms with Crippen LogP contribution < -0.4 is 10.1 Å². The number of rotatable bonds is 8. The van der Waals surface area contributed by atoms with Gasteiger partial charge >= 0.3 is 0 Å². The Balaban J connectivity index is 1.27. The van der Waals surface area contributed by atoms with Gasteiger partial charge in [0.05, 0.1) is 12.3 Å². The molecular weight excluding hydrogens is 444 g/mol. The van der Waals surface area contributed by atoms with E-state index in [1.54, 1.807) is 6.07 Å². The number of amides is 1. The van der Waals surface area contributed by atoms with Crippen LogP contribution in [0.5, 0.6) is 5.75 Å². The summed E-state index contributed by atoms with van der Waals surface area (Å²) < 4.78 is 5.50. The fourth-order valence-corrected chi connectivity index (χ4v) is 5.08. The monoisotopic (exact) mass is 468 g/mol. The van der Waals surface area contributed by atoms with Crippen molar-refractivity contribution in [3.8, 4) is 17.0 Å². The maximum Gasteiger partial charge on any atom is 0.226 e. The minimum absolute atomic E-state index is 0.0428. The summed E-state index contributed by atoms with van der Waals surface area (Å²) in [5.41, 5.74) is 4.76. The van der Waals surface area contributed by atoms with Gasteiger partial charge in [-0.15, -0.1) is 11.3 Å². The van der Waals surface area contributed by atoms with Crippen LogP contribution in [-0.2, 0) is 17.6 Å². The zero-order valence-electron chi connectivity index (χ0n) is 18.6. The summed E-state index contributed by atoms with van der Waals surface area (Å²) in [6.45, 7) is 0.653. The molecule has 0 unspecified atom stereocenters.